The molecule has 1 radical (unpaired) electrons. The van der Waals surface area contributed by atoms with Crippen LogP contribution in [0.25, 0.3) is 0 Å². The van der Waals surface area contributed by atoms with Gasteiger partial charge in [0.05, 0.1) is 0 Å². The lowest BCUT2D eigenvalue weighted by Crippen LogP contribution is -2.04. The van der Waals surface area contributed by atoms with Gasteiger partial charge in [0.25, 0.3) is 0 Å². The summed E-state index contributed by atoms with van der Waals surface area (Å²) in [6.07, 6.45) is 15.3. The van der Waals surface area contributed by atoms with Gasteiger partial charge in [-0.3, -0.25) is 0 Å². The molecule has 0 atom stereocenters. The maximum atomic E-state index is 5.13. The first-order chi connectivity index (χ1) is 9.40. The van der Waals surface area contributed by atoms with E-state index in [1.165, 1.54) is 37.7 Å². The largest absolute Gasteiger partial charge is 0.394 e. The van der Waals surface area contributed by atoms with Crippen LogP contribution in [0, 0.1) is 12.3 Å². The van der Waals surface area contributed by atoms with Gasteiger partial charge in [0.1, 0.15) is 12.8 Å². The van der Waals surface area contributed by atoms with Crippen LogP contribution in [0.15, 0.2) is 29.4 Å². The second-order valence-electron chi connectivity index (χ2n) is 4.95. The number of hydrogen-bond acceptors (Lipinski definition) is 2. The van der Waals surface area contributed by atoms with E-state index in [1.54, 1.807) is 0 Å². The first kappa shape index (κ1) is 13.7. The predicted octanol–water partition coefficient (Wildman–Crippen LogP) is 3.99. The van der Waals surface area contributed by atoms with E-state index < -0.39 is 0 Å². The number of benzene rings is 1. The molecule has 0 saturated heterocycles. The quantitative estimate of drug-likeness (QED) is 0.337. The average Bonchev–Trinajstić information content (AvgIpc) is 2.48. The Morgan fingerprint density at radius 3 is 2.89 bits per heavy atom. The van der Waals surface area contributed by atoms with Crippen LogP contribution in [0.1, 0.15) is 55.6 Å². The molecule has 1 fully saturated rings. The first-order valence-electron chi connectivity index (χ1n) is 7.01. The lowest BCUT2D eigenvalue weighted by Gasteiger charge is -2.22. The van der Waals surface area contributed by atoms with Crippen molar-refractivity contribution in [2.75, 3.05) is 6.61 Å². The smallest absolute Gasteiger partial charge is 0.139 e. The van der Waals surface area contributed by atoms with Crippen LogP contribution >= 0.6 is 0 Å². The maximum Gasteiger partial charge on any atom is 0.139 e. The van der Waals surface area contributed by atoms with Crippen molar-refractivity contribution in [1.82, 2.24) is 0 Å². The van der Waals surface area contributed by atoms with E-state index in [4.69, 9.17) is 11.3 Å². The fraction of sp³-hybridized carbons (Fsp3) is 0.471. The van der Waals surface area contributed by atoms with Crippen LogP contribution in [0.2, 0.25) is 0 Å². The molecule has 0 N–H and O–H groups in total. The van der Waals surface area contributed by atoms with E-state index in [2.05, 4.69) is 35.5 Å². The zero-order valence-corrected chi connectivity index (χ0v) is 11.3. The Labute approximate surface area is 115 Å². The predicted molar refractivity (Wildman–Crippen MR) is 78.2 cm³/mol. The first-order valence-corrected chi connectivity index (χ1v) is 7.01. The molecule has 1 aromatic carbocycles. The summed E-state index contributed by atoms with van der Waals surface area (Å²) in [5.41, 5.74) is 2.38. The van der Waals surface area contributed by atoms with Gasteiger partial charge in [-0.15, -0.1) is 12.3 Å². The van der Waals surface area contributed by atoms with Crippen LogP contribution in [-0.4, -0.2) is 12.8 Å². The van der Waals surface area contributed by atoms with Gasteiger partial charge in [0.2, 0.25) is 0 Å². The number of rotatable bonds is 5. The highest BCUT2D eigenvalue weighted by molar-refractivity contribution is 5.79. The van der Waals surface area contributed by atoms with Crippen molar-refractivity contribution < 1.29 is 4.84 Å². The van der Waals surface area contributed by atoms with Crippen molar-refractivity contribution in [2.24, 2.45) is 5.16 Å². The van der Waals surface area contributed by atoms with Crippen LogP contribution in [0.5, 0.6) is 0 Å². The second kappa shape index (κ2) is 7.63. The van der Waals surface area contributed by atoms with Gasteiger partial charge in [0.15, 0.2) is 0 Å². The van der Waals surface area contributed by atoms with Gasteiger partial charge in [0, 0.05) is 12.0 Å². The van der Waals surface area contributed by atoms with Crippen molar-refractivity contribution in [3.8, 4) is 12.3 Å². The summed E-state index contributed by atoms with van der Waals surface area (Å²) in [5, 5.41) is 3.82. The number of nitrogens with zero attached hydrogens (tertiary/aromatic N) is 1. The summed E-state index contributed by atoms with van der Waals surface area (Å²) < 4.78 is 0. The minimum Gasteiger partial charge on any atom is -0.394 e. The molecule has 0 amide bonds. The van der Waals surface area contributed by atoms with Crippen molar-refractivity contribution in [3.05, 3.63) is 35.4 Å². The van der Waals surface area contributed by atoms with E-state index in [-0.39, 0.29) is 0 Å². The van der Waals surface area contributed by atoms with E-state index >= 15 is 0 Å². The summed E-state index contributed by atoms with van der Waals surface area (Å²) in [6, 6.07) is 8.45. The van der Waals surface area contributed by atoms with Gasteiger partial charge in [-0.1, -0.05) is 42.6 Å². The molecule has 0 aromatic heterocycles. The van der Waals surface area contributed by atoms with Crippen molar-refractivity contribution in [1.29, 1.82) is 0 Å². The van der Waals surface area contributed by atoms with E-state index in [9.17, 15) is 0 Å². The maximum absolute atomic E-state index is 5.13. The molecule has 99 valence electrons. The van der Waals surface area contributed by atoms with E-state index in [0.717, 1.165) is 5.56 Å². The lowest BCUT2D eigenvalue weighted by molar-refractivity contribution is 0.152. The second-order valence-corrected chi connectivity index (χ2v) is 4.95. The highest BCUT2D eigenvalue weighted by atomic mass is 16.6. The van der Waals surface area contributed by atoms with Gasteiger partial charge in [-0.2, -0.15) is 0 Å². The molecule has 1 aliphatic carbocycles. The molecule has 2 rings (SSSR count). The highest BCUT2D eigenvalue weighted by Crippen LogP contribution is 2.32. The van der Waals surface area contributed by atoms with Gasteiger partial charge >= 0.3 is 0 Å². The van der Waals surface area contributed by atoms with Crippen molar-refractivity contribution in [3.63, 3.8) is 0 Å². The van der Waals surface area contributed by atoms with E-state index in [0.29, 0.717) is 18.9 Å². The fourth-order valence-electron chi connectivity index (χ4n) is 2.53. The third-order valence-corrected chi connectivity index (χ3v) is 3.54. The molecule has 19 heavy (non-hydrogen) atoms. The summed E-state index contributed by atoms with van der Waals surface area (Å²) >= 11 is 0. The highest BCUT2D eigenvalue weighted by Gasteiger charge is 2.15. The Kier molecular flexibility index (Phi) is 5.49. The summed E-state index contributed by atoms with van der Waals surface area (Å²) in [5.74, 6) is 3.21. The average molecular weight is 254 g/mol. The fourth-order valence-corrected chi connectivity index (χ4v) is 2.53. The summed E-state index contributed by atoms with van der Waals surface area (Å²) in [7, 11) is 0. The van der Waals surface area contributed by atoms with Gasteiger partial charge in [-0.05, 0) is 30.4 Å². The summed E-state index contributed by atoms with van der Waals surface area (Å²) in [6.45, 7) is 0.450. The molecule has 0 unspecified atom stereocenters. The lowest BCUT2D eigenvalue weighted by atomic mass is 9.84. The molecule has 1 aliphatic rings. The minimum absolute atomic E-state index is 0.450. The van der Waals surface area contributed by atoms with Gasteiger partial charge < -0.3 is 4.84 Å². The molecule has 0 heterocycles. The van der Waals surface area contributed by atoms with Crippen LogP contribution < -0.4 is 0 Å². The standard InChI is InChI=1S/C17H20NO/c1-2-3-12-19-18-14-15-8-7-11-17(13-15)16-9-5-4-6-10-16/h1,7-8,11,13,16H,3-6,9-10,12H2. The zero-order chi connectivity index (χ0) is 13.3. The molecule has 1 saturated carbocycles. The SMILES string of the molecule is C#CCCON=[C]c1cccc(C2CCCCC2)c1. The van der Waals surface area contributed by atoms with Crippen LogP contribution in [0.3, 0.4) is 0 Å². The Hall–Kier alpha value is -1.75. The molecule has 0 spiro atoms. The minimum atomic E-state index is 0.450. The van der Waals surface area contributed by atoms with Crippen LogP contribution in [-0.2, 0) is 4.84 Å². The molecule has 0 aliphatic heterocycles. The Bertz CT molecular complexity index is 453. The number of hydrogen-bond donors (Lipinski definition) is 0. The molecule has 2 nitrogen and oxygen atoms in total. The van der Waals surface area contributed by atoms with Crippen molar-refractivity contribution >= 4 is 6.21 Å². The van der Waals surface area contributed by atoms with Crippen molar-refractivity contribution in [2.45, 2.75) is 44.4 Å². The normalized spacial score (nSPS) is 16.4. The van der Waals surface area contributed by atoms with Gasteiger partial charge in [-0.25, -0.2) is 0 Å². The Morgan fingerprint density at radius 2 is 2.11 bits per heavy atom. The summed E-state index contributed by atoms with van der Waals surface area (Å²) in [4.78, 5) is 5.03. The van der Waals surface area contributed by atoms with Crippen LogP contribution in [0.4, 0.5) is 0 Å². The number of terminal acetylenes is 1. The van der Waals surface area contributed by atoms with E-state index in [1.807, 2.05) is 6.07 Å². The monoisotopic (exact) mass is 254 g/mol. The third-order valence-electron chi connectivity index (χ3n) is 3.54. The molecular formula is C17H20NO. The Morgan fingerprint density at radius 1 is 1.26 bits per heavy atom. The topological polar surface area (TPSA) is 21.6 Å². The molecule has 2 heteroatoms. The third kappa shape index (κ3) is 4.44. The Balaban J connectivity index is 1.93. The molecular weight excluding hydrogens is 234 g/mol. The zero-order valence-electron chi connectivity index (χ0n) is 11.3. The molecule has 0 bridgehead atoms. The molecule has 1 aromatic rings.